The van der Waals surface area contributed by atoms with Crippen LogP contribution >= 0.6 is 24.0 Å². The zero-order chi connectivity index (χ0) is 21.1. The summed E-state index contributed by atoms with van der Waals surface area (Å²) < 4.78 is 11.1. The van der Waals surface area contributed by atoms with Gasteiger partial charge in [-0.05, 0) is 39.6 Å². The molecule has 2 rings (SSSR count). The van der Waals surface area contributed by atoms with Crippen LogP contribution in [0.4, 0.5) is 0 Å². The summed E-state index contributed by atoms with van der Waals surface area (Å²) in [6.45, 7) is 11.1. The van der Waals surface area contributed by atoms with E-state index < -0.39 is 0 Å². The van der Waals surface area contributed by atoms with Crippen molar-refractivity contribution >= 4 is 29.9 Å². The van der Waals surface area contributed by atoms with Gasteiger partial charge in [-0.25, -0.2) is 4.99 Å². The second-order valence-corrected chi connectivity index (χ2v) is 7.78. The quantitative estimate of drug-likeness (QED) is 0.209. The Balaban J connectivity index is 0.00000450. The molecule has 0 radical (unpaired) electrons. The molecule has 1 aromatic carbocycles. The lowest BCUT2D eigenvalue weighted by Crippen LogP contribution is -2.55. The summed E-state index contributed by atoms with van der Waals surface area (Å²) in [4.78, 5) is 9.61. The predicted octanol–water partition coefficient (Wildman–Crippen LogP) is 2.33. The highest BCUT2D eigenvalue weighted by Crippen LogP contribution is 2.21. The molecule has 1 fully saturated rings. The van der Waals surface area contributed by atoms with E-state index in [0.29, 0.717) is 25.8 Å². The molecule has 1 aliphatic heterocycles. The topological polar surface area (TPSA) is 61.4 Å². The van der Waals surface area contributed by atoms with Gasteiger partial charge in [-0.15, -0.1) is 24.0 Å². The Morgan fingerprint density at radius 2 is 2.00 bits per heavy atom. The van der Waals surface area contributed by atoms with E-state index >= 15 is 0 Å². The molecule has 1 unspecified atom stereocenters. The molecule has 0 spiro atoms. The number of nitrogens with zero attached hydrogens (tertiary/aromatic N) is 3. The molecule has 30 heavy (non-hydrogen) atoms. The number of aliphatic imine (C=N–C) groups is 1. The van der Waals surface area contributed by atoms with Crippen molar-refractivity contribution in [2.45, 2.75) is 32.9 Å². The number of guanidine groups is 1. The van der Waals surface area contributed by atoms with Crippen LogP contribution in [0.25, 0.3) is 0 Å². The third-order valence-electron chi connectivity index (χ3n) is 5.21. The number of likely N-dealkylation sites (N-methyl/N-ethyl adjacent to an activating group) is 2. The summed E-state index contributed by atoms with van der Waals surface area (Å²) in [6, 6.07) is 6.79. The van der Waals surface area contributed by atoms with Crippen molar-refractivity contribution in [1.82, 2.24) is 20.4 Å². The van der Waals surface area contributed by atoms with E-state index in [1.165, 1.54) is 5.56 Å². The molecule has 1 aromatic rings. The lowest BCUT2D eigenvalue weighted by atomic mass is 10.1. The van der Waals surface area contributed by atoms with Crippen molar-refractivity contribution in [3.05, 3.63) is 29.3 Å². The molecule has 0 saturated carbocycles. The van der Waals surface area contributed by atoms with Crippen molar-refractivity contribution in [3.63, 3.8) is 0 Å². The molecule has 172 valence electrons. The first-order valence-electron chi connectivity index (χ1n) is 10.7. The third-order valence-corrected chi connectivity index (χ3v) is 5.21. The second kappa shape index (κ2) is 14.8. The van der Waals surface area contributed by atoms with Crippen LogP contribution in [0.2, 0.25) is 0 Å². The molecule has 2 N–H and O–H groups in total. The molecule has 8 heteroatoms. The summed E-state index contributed by atoms with van der Waals surface area (Å²) in [5.41, 5.74) is 2.29. The van der Waals surface area contributed by atoms with Gasteiger partial charge in [-0.3, -0.25) is 4.90 Å². The normalized spacial score (nSPS) is 18.0. The summed E-state index contributed by atoms with van der Waals surface area (Å²) in [5, 5.41) is 6.87. The van der Waals surface area contributed by atoms with Crippen LogP contribution in [0.15, 0.2) is 23.2 Å². The van der Waals surface area contributed by atoms with Crippen LogP contribution in [0, 0.1) is 6.92 Å². The lowest BCUT2D eigenvalue weighted by Gasteiger charge is -2.37. The van der Waals surface area contributed by atoms with Gasteiger partial charge in [0.05, 0.1) is 13.2 Å². The number of hydrogen-bond donors (Lipinski definition) is 2. The van der Waals surface area contributed by atoms with Crippen LogP contribution in [0.1, 0.15) is 24.5 Å². The largest absolute Gasteiger partial charge is 0.493 e. The Hall–Kier alpha value is -1.10. The van der Waals surface area contributed by atoms with E-state index in [2.05, 4.69) is 66.6 Å². The fourth-order valence-corrected chi connectivity index (χ4v) is 3.35. The van der Waals surface area contributed by atoms with Gasteiger partial charge in [0, 0.05) is 64.5 Å². The maximum absolute atomic E-state index is 5.99. The number of halogens is 1. The monoisotopic (exact) mass is 533 g/mol. The summed E-state index contributed by atoms with van der Waals surface area (Å²) in [5.74, 6) is 1.76. The summed E-state index contributed by atoms with van der Waals surface area (Å²) in [7, 11) is 6.10. The van der Waals surface area contributed by atoms with Gasteiger partial charge in [0.2, 0.25) is 0 Å². The average molecular weight is 533 g/mol. The van der Waals surface area contributed by atoms with Crippen LogP contribution < -0.4 is 15.4 Å². The van der Waals surface area contributed by atoms with Gasteiger partial charge in [-0.2, -0.15) is 0 Å². The Morgan fingerprint density at radius 3 is 2.73 bits per heavy atom. The molecule has 0 aliphatic carbocycles. The lowest BCUT2D eigenvalue weighted by molar-refractivity contribution is 0.116. The van der Waals surface area contributed by atoms with Crippen molar-refractivity contribution in [1.29, 1.82) is 0 Å². The van der Waals surface area contributed by atoms with Crippen molar-refractivity contribution in [3.8, 4) is 5.75 Å². The molecule has 7 nitrogen and oxygen atoms in total. The van der Waals surface area contributed by atoms with E-state index in [9.17, 15) is 0 Å². The third kappa shape index (κ3) is 9.36. The zero-order valence-electron chi connectivity index (χ0n) is 19.2. The van der Waals surface area contributed by atoms with Crippen LogP contribution in [-0.4, -0.2) is 88.9 Å². The Labute approximate surface area is 199 Å². The van der Waals surface area contributed by atoms with E-state index in [1.807, 2.05) is 0 Å². The number of rotatable bonds is 10. The number of piperazine rings is 1. The first-order valence-corrected chi connectivity index (χ1v) is 10.7. The van der Waals surface area contributed by atoms with E-state index in [1.54, 1.807) is 7.11 Å². The van der Waals surface area contributed by atoms with E-state index in [-0.39, 0.29) is 24.0 Å². The van der Waals surface area contributed by atoms with Gasteiger partial charge >= 0.3 is 0 Å². The molecule has 0 amide bonds. The first kappa shape index (κ1) is 26.9. The second-order valence-electron chi connectivity index (χ2n) is 7.78. The predicted molar refractivity (Wildman–Crippen MR) is 135 cm³/mol. The standard InChI is InChI=1S/C22H39N5O2.HI/c1-6-23-22(25-16-20-17-26(3)10-11-27(20)4)24-15-19-9-8-18(2)14-21(19)29-13-7-12-28-5;/h8-9,14,20H,6-7,10-13,15-17H2,1-5H3,(H2,23,24,25);1H. The molecule has 0 aromatic heterocycles. The Bertz CT molecular complexity index is 644. The fourth-order valence-electron chi connectivity index (χ4n) is 3.35. The highest BCUT2D eigenvalue weighted by molar-refractivity contribution is 14.0. The smallest absolute Gasteiger partial charge is 0.191 e. The Kier molecular flexibility index (Phi) is 13.3. The van der Waals surface area contributed by atoms with Crippen molar-refractivity contribution in [2.75, 3.05) is 67.1 Å². The number of hydrogen-bond acceptors (Lipinski definition) is 5. The maximum atomic E-state index is 5.99. The number of benzene rings is 1. The maximum Gasteiger partial charge on any atom is 0.191 e. The van der Waals surface area contributed by atoms with E-state index in [4.69, 9.17) is 14.5 Å². The van der Waals surface area contributed by atoms with Gasteiger partial charge in [0.25, 0.3) is 0 Å². The number of nitrogens with one attached hydrogen (secondary N) is 2. The molecule has 1 saturated heterocycles. The van der Waals surface area contributed by atoms with Crippen molar-refractivity contribution in [2.24, 2.45) is 4.99 Å². The molecular formula is C22H40IN5O2. The molecule has 1 atom stereocenters. The summed E-state index contributed by atoms with van der Waals surface area (Å²) >= 11 is 0. The fraction of sp³-hybridized carbons (Fsp3) is 0.682. The van der Waals surface area contributed by atoms with Gasteiger partial charge in [0.1, 0.15) is 5.75 Å². The van der Waals surface area contributed by atoms with Crippen LogP contribution in [0.3, 0.4) is 0 Å². The van der Waals surface area contributed by atoms with Gasteiger partial charge < -0.3 is 25.0 Å². The summed E-state index contributed by atoms with van der Waals surface area (Å²) in [6.07, 6.45) is 0.876. The average Bonchev–Trinajstić information content (AvgIpc) is 2.70. The molecule has 1 heterocycles. The first-order chi connectivity index (χ1) is 14.0. The zero-order valence-corrected chi connectivity index (χ0v) is 21.6. The van der Waals surface area contributed by atoms with Crippen LogP contribution in [-0.2, 0) is 11.3 Å². The highest BCUT2D eigenvalue weighted by atomic mass is 127. The van der Waals surface area contributed by atoms with Gasteiger partial charge in [-0.1, -0.05) is 12.1 Å². The van der Waals surface area contributed by atoms with E-state index in [0.717, 1.165) is 56.4 Å². The highest BCUT2D eigenvalue weighted by Gasteiger charge is 2.22. The number of methoxy groups -OCH3 is 1. The SMILES string of the molecule is CCNC(=NCc1ccc(C)cc1OCCCOC)NCC1CN(C)CCN1C.I. The van der Waals surface area contributed by atoms with Crippen molar-refractivity contribution < 1.29 is 9.47 Å². The minimum Gasteiger partial charge on any atom is -0.493 e. The number of ether oxygens (including phenoxy) is 2. The molecule has 1 aliphatic rings. The molecule has 0 bridgehead atoms. The van der Waals surface area contributed by atoms with Gasteiger partial charge in [0.15, 0.2) is 5.96 Å². The number of aryl methyl sites for hydroxylation is 1. The molecular weight excluding hydrogens is 493 g/mol. The van der Waals surface area contributed by atoms with Crippen LogP contribution in [0.5, 0.6) is 5.75 Å². The minimum atomic E-state index is 0. The Morgan fingerprint density at radius 1 is 1.20 bits per heavy atom. The minimum absolute atomic E-state index is 0.